The first-order valence-electron chi connectivity index (χ1n) is 10.9. The van der Waals surface area contributed by atoms with Gasteiger partial charge in [0.25, 0.3) is 0 Å². The van der Waals surface area contributed by atoms with E-state index in [1.54, 1.807) is 41.5 Å². The molecule has 1 heterocycles. The largest absolute Gasteiger partial charge is 0.465 e. The van der Waals surface area contributed by atoms with Crippen LogP contribution in [-0.4, -0.2) is 127 Å². The fraction of sp³-hybridized carbons (Fsp3) is 0.810. The van der Waals surface area contributed by atoms with Gasteiger partial charge in [0.05, 0.1) is 31.3 Å². The van der Waals surface area contributed by atoms with Gasteiger partial charge in [-0.3, -0.25) is 10.1 Å². The third-order valence-electron chi connectivity index (χ3n) is 5.86. The van der Waals surface area contributed by atoms with E-state index in [1.165, 1.54) is 7.05 Å². The Labute approximate surface area is 203 Å². The summed E-state index contributed by atoms with van der Waals surface area (Å²) in [5.74, 6) is -1.42. The molecule has 0 aromatic rings. The molecule has 1 unspecified atom stereocenters. The Balaban J connectivity index is 3.46. The van der Waals surface area contributed by atoms with Gasteiger partial charge < -0.3 is 45.2 Å². The molecule has 202 valence electrons. The minimum absolute atomic E-state index is 0.552. The quantitative estimate of drug-likeness (QED) is 0.173. The first-order chi connectivity index (χ1) is 15.8. The molecule has 0 saturated carbocycles. The Bertz CT molecular complexity index is 822. The number of piperidine rings is 1. The highest BCUT2D eigenvalue weighted by atomic mass is 16.6. The number of aliphatic hydroxyl groups excluding tert-OH is 5. The van der Waals surface area contributed by atoms with Crippen molar-refractivity contribution < 1.29 is 49.8 Å². The number of hydrogen-bond acceptors (Lipinski definition) is 9. The molecule has 0 bridgehead atoms. The second-order valence-corrected chi connectivity index (χ2v) is 10.5. The molecular weight excluding hydrogens is 468 g/mol. The maximum absolute atomic E-state index is 13.5. The van der Waals surface area contributed by atoms with E-state index >= 15 is 0 Å². The van der Waals surface area contributed by atoms with Gasteiger partial charge in [-0.25, -0.2) is 9.59 Å². The van der Waals surface area contributed by atoms with Crippen molar-refractivity contribution in [3.05, 3.63) is 0 Å². The molecule has 0 aliphatic carbocycles. The fourth-order valence-electron chi connectivity index (χ4n) is 4.13. The molecule has 1 saturated heterocycles. The van der Waals surface area contributed by atoms with Crippen LogP contribution < -0.4 is 5.32 Å². The predicted molar refractivity (Wildman–Crippen MR) is 122 cm³/mol. The second kappa shape index (κ2) is 11.0. The zero-order chi connectivity index (χ0) is 27.5. The molecule has 35 heavy (non-hydrogen) atoms. The van der Waals surface area contributed by atoms with Crippen LogP contribution in [0.4, 0.5) is 9.59 Å². The molecule has 1 aliphatic rings. The lowest BCUT2D eigenvalue weighted by atomic mass is 9.64. The Hall–Kier alpha value is -2.52. The maximum atomic E-state index is 13.5. The first-order valence-corrected chi connectivity index (χ1v) is 10.9. The van der Waals surface area contributed by atoms with Crippen LogP contribution in [0.3, 0.4) is 0 Å². The number of likely N-dealkylation sites (N-methyl/N-ethyl adjacent to an activating group) is 1. The molecule has 7 N–H and O–H groups in total. The van der Waals surface area contributed by atoms with Gasteiger partial charge in [-0.1, -0.05) is 20.8 Å². The monoisotopic (exact) mass is 506 g/mol. The number of carbonyl (C=O) groups excluding carboxylic acids is 2. The summed E-state index contributed by atoms with van der Waals surface area (Å²) < 4.78 is 5.05. The summed E-state index contributed by atoms with van der Waals surface area (Å²) in [5, 5.41) is 63.1. The van der Waals surface area contributed by atoms with Crippen LogP contribution in [0.15, 0.2) is 4.99 Å². The van der Waals surface area contributed by atoms with Crippen molar-refractivity contribution in [2.75, 3.05) is 26.8 Å². The van der Waals surface area contributed by atoms with Gasteiger partial charge in [-0.2, -0.15) is 0 Å². The van der Waals surface area contributed by atoms with Gasteiger partial charge in [0.1, 0.15) is 23.9 Å². The molecular formula is C21H38N4O10. The smallest absolute Gasteiger partial charge is 0.437 e. The van der Waals surface area contributed by atoms with Crippen LogP contribution in [0.2, 0.25) is 0 Å². The van der Waals surface area contributed by atoms with E-state index in [-0.39, 0.29) is 0 Å². The van der Waals surface area contributed by atoms with E-state index in [2.05, 4.69) is 4.99 Å². The lowest BCUT2D eigenvalue weighted by molar-refractivity contribution is -0.241. The Morgan fingerprint density at radius 3 is 2.00 bits per heavy atom. The van der Waals surface area contributed by atoms with Crippen LogP contribution in [0.5, 0.6) is 0 Å². The Morgan fingerprint density at radius 2 is 1.60 bits per heavy atom. The normalized spacial score (nSPS) is 27.9. The number of ether oxygens (including phenoxy) is 1. The summed E-state index contributed by atoms with van der Waals surface area (Å²) in [7, 11) is 1.24. The highest BCUT2D eigenvalue weighted by molar-refractivity contribution is 5.99. The van der Waals surface area contributed by atoms with E-state index in [4.69, 9.17) is 9.84 Å². The maximum Gasteiger partial charge on any atom is 0.437 e. The summed E-state index contributed by atoms with van der Waals surface area (Å²) in [6.45, 7) is 7.21. The third-order valence-corrected chi connectivity index (χ3v) is 5.86. The number of carbonyl (C=O) groups is 3. The van der Waals surface area contributed by atoms with Crippen LogP contribution in [0, 0.1) is 5.41 Å². The molecule has 0 radical (unpaired) electrons. The standard InChI is InChI=1S/C21H38N4O10/c1-19(2,3)21(10-27)15(31)14(30)13(29)11(9-26)25(21)12(28)8-24(7)16(22-17(32)33)23-18(34)35-20(4,5)6/h11,13-15,26-27,29-31H,8-10H2,1-7H3,(H,32,33)(H,22,23,34)/t11-,13-,14?,15+,21-/m1/s1. The van der Waals surface area contributed by atoms with Crippen LogP contribution in [0.25, 0.3) is 0 Å². The van der Waals surface area contributed by atoms with Gasteiger partial charge in [0.2, 0.25) is 11.9 Å². The summed E-state index contributed by atoms with van der Waals surface area (Å²) >= 11 is 0. The van der Waals surface area contributed by atoms with Crippen LogP contribution >= 0.6 is 0 Å². The molecule has 5 atom stereocenters. The number of aliphatic hydroxyl groups is 5. The summed E-state index contributed by atoms with van der Waals surface area (Å²) in [5.41, 5.74) is -3.84. The van der Waals surface area contributed by atoms with Gasteiger partial charge in [-0.15, -0.1) is 4.99 Å². The molecule has 1 fully saturated rings. The molecule has 14 heteroatoms. The number of aliphatic imine (C=N–C) groups is 1. The SMILES string of the molecule is CN(CC(=O)N1[C@H](CO)[C@@H](O)C(O)[C@H](O)[C@]1(CO)C(C)(C)C)C(=NC(=O)OC(C)(C)C)NC(=O)O. The Morgan fingerprint density at radius 1 is 1.06 bits per heavy atom. The number of hydrogen-bond donors (Lipinski definition) is 7. The van der Waals surface area contributed by atoms with E-state index < -0.39 is 84.7 Å². The number of carboxylic acid groups (broad SMARTS) is 1. The lowest BCUT2D eigenvalue weighted by Crippen LogP contribution is -2.80. The topological polar surface area (TPSA) is 213 Å². The van der Waals surface area contributed by atoms with Crippen molar-refractivity contribution in [3.8, 4) is 0 Å². The van der Waals surface area contributed by atoms with E-state index in [0.29, 0.717) is 0 Å². The zero-order valence-corrected chi connectivity index (χ0v) is 21.1. The molecule has 1 rings (SSSR count). The third kappa shape index (κ3) is 6.58. The van der Waals surface area contributed by atoms with Crippen molar-refractivity contribution in [2.45, 2.75) is 77.0 Å². The molecule has 0 spiro atoms. The lowest BCUT2D eigenvalue weighted by Gasteiger charge is -2.61. The second-order valence-electron chi connectivity index (χ2n) is 10.5. The molecule has 14 nitrogen and oxygen atoms in total. The summed E-state index contributed by atoms with van der Waals surface area (Å²) in [4.78, 5) is 42.3. The van der Waals surface area contributed by atoms with E-state index in [0.717, 1.165) is 9.80 Å². The first kappa shape index (κ1) is 30.5. The number of amides is 3. The van der Waals surface area contributed by atoms with Crippen molar-refractivity contribution in [2.24, 2.45) is 10.4 Å². The molecule has 0 aromatic heterocycles. The highest BCUT2D eigenvalue weighted by Crippen LogP contribution is 2.45. The van der Waals surface area contributed by atoms with Gasteiger partial charge >= 0.3 is 12.2 Å². The van der Waals surface area contributed by atoms with Crippen LogP contribution in [0.1, 0.15) is 41.5 Å². The van der Waals surface area contributed by atoms with Gasteiger partial charge in [0, 0.05) is 7.05 Å². The Kier molecular flexibility index (Phi) is 9.62. The average Bonchev–Trinajstić information content (AvgIpc) is 2.68. The van der Waals surface area contributed by atoms with E-state index in [9.17, 15) is 39.9 Å². The summed E-state index contributed by atoms with van der Waals surface area (Å²) in [6, 6.07) is -1.42. The fourth-order valence-corrected chi connectivity index (χ4v) is 4.13. The van der Waals surface area contributed by atoms with Crippen molar-refractivity contribution in [1.82, 2.24) is 15.1 Å². The summed E-state index contributed by atoms with van der Waals surface area (Å²) in [6.07, 6.45) is -8.03. The number of rotatable bonds is 4. The number of nitrogens with one attached hydrogen (secondary N) is 1. The minimum atomic E-state index is -1.85. The molecule has 3 amide bonds. The molecule has 0 aromatic carbocycles. The van der Waals surface area contributed by atoms with Gasteiger partial charge in [-0.05, 0) is 26.2 Å². The highest BCUT2D eigenvalue weighted by Gasteiger charge is 2.63. The minimum Gasteiger partial charge on any atom is -0.465 e. The number of guanidine groups is 1. The number of nitrogens with zero attached hydrogens (tertiary/aromatic N) is 3. The van der Waals surface area contributed by atoms with E-state index in [1.807, 2.05) is 5.32 Å². The van der Waals surface area contributed by atoms with Crippen LogP contribution in [-0.2, 0) is 9.53 Å². The molecule has 1 aliphatic heterocycles. The predicted octanol–water partition coefficient (Wildman–Crippen LogP) is -1.46. The van der Waals surface area contributed by atoms with Gasteiger partial charge in [0.15, 0.2) is 0 Å². The number of likely N-dealkylation sites (tertiary alicyclic amines) is 1. The average molecular weight is 507 g/mol. The zero-order valence-electron chi connectivity index (χ0n) is 21.1. The van der Waals surface area contributed by atoms with Crippen molar-refractivity contribution in [3.63, 3.8) is 0 Å². The van der Waals surface area contributed by atoms with Crippen molar-refractivity contribution in [1.29, 1.82) is 0 Å². The van der Waals surface area contributed by atoms with Crippen molar-refractivity contribution >= 4 is 24.1 Å².